The van der Waals surface area contributed by atoms with E-state index in [1.165, 1.54) is 30.6 Å². The Bertz CT molecular complexity index is 1220. The predicted octanol–water partition coefficient (Wildman–Crippen LogP) is 4.86. The van der Waals surface area contributed by atoms with E-state index in [0.29, 0.717) is 0 Å². The zero-order chi connectivity index (χ0) is 36.1. The van der Waals surface area contributed by atoms with Gasteiger partial charge in [-0.15, -0.1) is 11.3 Å². The second kappa shape index (κ2) is 18.1. The SMILES string of the molecule is Cc1nc(CN2CCOCC3(CCCN(Cc4ccncc4)C3)C2)cs1.O=C(O)C(F)(F)F.O=C(O)C(F)(F)F.O=C(O)C(F)(F)F. The highest BCUT2D eigenvalue weighted by Gasteiger charge is 2.40. The van der Waals surface area contributed by atoms with Crippen LogP contribution in [0.5, 0.6) is 0 Å². The Hall–Kier alpha value is -3.56. The van der Waals surface area contributed by atoms with Gasteiger partial charge in [-0.05, 0) is 44.0 Å². The van der Waals surface area contributed by atoms with E-state index in [-0.39, 0.29) is 5.41 Å². The van der Waals surface area contributed by atoms with Gasteiger partial charge in [-0.1, -0.05) is 0 Å². The number of pyridine rings is 1. The number of hydrogen-bond acceptors (Lipinski definition) is 9. The van der Waals surface area contributed by atoms with Gasteiger partial charge >= 0.3 is 36.4 Å². The summed E-state index contributed by atoms with van der Waals surface area (Å²) in [5, 5.41) is 24.7. The lowest BCUT2D eigenvalue weighted by molar-refractivity contribution is -0.193. The number of aryl methyl sites for hydroxylation is 1. The third kappa shape index (κ3) is 16.7. The molecule has 1 unspecified atom stereocenters. The van der Waals surface area contributed by atoms with Gasteiger partial charge in [-0.2, -0.15) is 39.5 Å². The fourth-order valence-electron chi connectivity index (χ4n) is 4.36. The molecule has 11 nitrogen and oxygen atoms in total. The maximum atomic E-state index is 10.6. The van der Waals surface area contributed by atoms with Crippen molar-refractivity contribution < 1.29 is 74.0 Å². The maximum Gasteiger partial charge on any atom is 0.490 e. The molecule has 1 atom stereocenters. The largest absolute Gasteiger partial charge is 0.490 e. The van der Waals surface area contributed by atoms with Crippen molar-refractivity contribution >= 4 is 29.2 Å². The molecule has 2 saturated heterocycles. The van der Waals surface area contributed by atoms with E-state index in [2.05, 4.69) is 44.2 Å². The van der Waals surface area contributed by atoms with Crippen LogP contribution in [-0.2, 0) is 32.2 Å². The number of nitrogens with zero attached hydrogens (tertiary/aromatic N) is 4. The Balaban J connectivity index is 0.000000430. The number of carboxylic acids is 3. The van der Waals surface area contributed by atoms with E-state index in [9.17, 15) is 39.5 Å². The van der Waals surface area contributed by atoms with Gasteiger partial charge < -0.3 is 20.1 Å². The molecular formula is C26H31F9N4O7S. The molecule has 2 aromatic heterocycles. The van der Waals surface area contributed by atoms with Crippen molar-refractivity contribution in [2.75, 3.05) is 39.4 Å². The Morgan fingerprint density at radius 2 is 1.32 bits per heavy atom. The van der Waals surface area contributed by atoms with Gasteiger partial charge in [-0.3, -0.25) is 14.8 Å². The Morgan fingerprint density at radius 1 is 0.851 bits per heavy atom. The molecule has 0 radical (unpaired) electrons. The zero-order valence-electron chi connectivity index (χ0n) is 24.5. The number of carbonyl (C=O) groups is 3. The van der Waals surface area contributed by atoms with Gasteiger partial charge in [0.05, 0.1) is 23.9 Å². The number of ether oxygens (including phenoxy) is 1. The highest BCUT2D eigenvalue weighted by molar-refractivity contribution is 7.09. The molecule has 1 spiro atoms. The summed E-state index contributed by atoms with van der Waals surface area (Å²) in [4.78, 5) is 40.6. The molecule has 2 aliphatic rings. The molecule has 47 heavy (non-hydrogen) atoms. The summed E-state index contributed by atoms with van der Waals surface area (Å²) in [6.07, 6.45) is -8.96. The number of aliphatic carboxylic acids is 3. The first-order valence-electron chi connectivity index (χ1n) is 13.3. The number of alkyl halides is 9. The maximum absolute atomic E-state index is 10.6. The Morgan fingerprint density at radius 3 is 1.74 bits per heavy atom. The van der Waals surface area contributed by atoms with E-state index in [1.807, 2.05) is 12.4 Å². The second-order valence-corrected chi connectivity index (χ2v) is 11.3. The molecule has 3 N–H and O–H groups in total. The molecule has 4 rings (SSSR count). The van der Waals surface area contributed by atoms with Crippen LogP contribution in [-0.4, -0.2) is 111 Å². The van der Waals surface area contributed by atoms with Crippen LogP contribution in [0.2, 0.25) is 0 Å². The normalized spacial score (nSPS) is 19.1. The quantitative estimate of drug-likeness (QED) is 0.372. The standard InChI is InChI=1S/C20H28N4OS.3C2HF3O2/c1-17-22-19(13-26-17)12-24-9-10-25-16-20(15-24)5-2-8-23(14-20)11-18-3-6-21-7-4-18;3*3-2(4,5)1(6)7/h3-4,6-7,13H,2,5,8-12,14-16H2,1H3;3*(H,6,7). The van der Waals surface area contributed by atoms with E-state index in [0.717, 1.165) is 50.9 Å². The molecule has 0 aromatic carbocycles. The molecule has 4 heterocycles. The van der Waals surface area contributed by atoms with E-state index in [4.69, 9.17) is 34.4 Å². The van der Waals surface area contributed by atoms with Gasteiger partial charge in [0.25, 0.3) is 0 Å². The van der Waals surface area contributed by atoms with Crippen molar-refractivity contribution in [1.29, 1.82) is 0 Å². The monoisotopic (exact) mass is 714 g/mol. The molecule has 2 aliphatic heterocycles. The lowest BCUT2D eigenvalue weighted by Gasteiger charge is -2.43. The number of hydrogen-bond donors (Lipinski definition) is 3. The minimum Gasteiger partial charge on any atom is -0.475 e. The number of piperidine rings is 1. The van der Waals surface area contributed by atoms with Crippen LogP contribution in [0.15, 0.2) is 29.9 Å². The van der Waals surface area contributed by atoms with Gasteiger partial charge in [0.2, 0.25) is 0 Å². The van der Waals surface area contributed by atoms with Crippen LogP contribution >= 0.6 is 11.3 Å². The van der Waals surface area contributed by atoms with E-state index in [1.54, 1.807) is 11.3 Å². The van der Waals surface area contributed by atoms with Crippen LogP contribution in [0.4, 0.5) is 39.5 Å². The number of halogens is 9. The first-order chi connectivity index (χ1) is 21.5. The first-order valence-corrected chi connectivity index (χ1v) is 14.1. The van der Waals surface area contributed by atoms with Crippen molar-refractivity contribution in [2.45, 2.75) is 51.4 Å². The highest BCUT2D eigenvalue weighted by Crippen LogP contribution is 2.34. The van der Waals surface area contributed by atoms with Gasteiger partial charge in [0, 0.05) is 55.9 Å². The summed E-state index contributed by atoms with van der Waals surface area (Å²) in [6.45, 7) is 10.1. The molecule has 2 aromatic rings. The van der Waals surface area contributed by atoms with Crippen LogP contribution < -0.4 is 0 Å². The van der Waals surface area contributed by atoms with E-state index < -0.39 is 36.4 Å². The summed E-state index contributed by atoms with van der Waals surface area (Å²) < 4.78 is 101. The summed E-state index contributed by atoms with van der Waals surface area (Å²) in [5.74, 6) is -8.27. The van der Waals surface area contributed by atoms with Crippen molar-refractivity contribution in [3.8, 4) is 0 Å². The average molecular weight is 715 g/mol. The number of likely N-dealkylation sites (tertiary alicyclic amines) is 1. The summed E-state index contributed by atoms with van der Waals surface area (Å²) in [7, 11) is 0. The fourth-order valence-corrected chi connectivity index (χ4v) is 4.97. The van der Waals surface area contributed by atoms with Crippen LogP contribution in [0.3, 0.4) is 0 Å². The van der Waals surface area contributed by atoms with E-state index >= 15 is 0 Å². The summed E-state index contributed by atoms with van der Waals surface area (Å²) >= 11 is 1.74. The molecule has 0 amide bonds. The zero-order valence-corrected chi connectivity index (χ0v) is 25.3. The minimum absolute atomic E-state index is 0.243. The number of aromatic nitrogens is 2. The molecule has 21 heteroatoms. The minimum atomic E-state index is -5.08. The van der Waals surface area contributed by atoms with Crippen molar-refractivity contribution in [2.24, 2.45) is 5.41 Å². The number of thiazole rings is 1. The third-order valence-corrected chi connectivity index (χ3v) is 7.02. The molecule has 266 valence electrons. The van der Waals surface area contributed by atoms with Crippen LogP contribution in [0.1, 0.15) is 29.1 Å². The number of rotatable bonds is 4. The lowest BCUT2D eigenvalue weighted by Crippen LogP contribution is -2.50. The third-order valence-electron chi connectivity index (χ3n) is 6.19. The number of carboxylic acid groups (broad SMARTS) is 3. The van der Waals surface area contributed by atoms with Crippen molar-refractivity contribution in [3.63, 3.8) is 0 Å². The summed E-state index contributed by atoms with van der Waals surface area (Å²) in [6, 6.07) is 4.25. The smallest absolute Gasteiger partial charge is 0.475 e. The molecule has 0 aliphatic carbocycles. The summed E-state index contributed by atoms with van der Waals surface area (Å²) in [5.41, 5.74) is 2.79. The molecule has 0 bridgehead atoms. The average Bonchev–Trinajstić information content (AvgIpc) is 3.25. The van der Waals surface area contributed by atoms with Gasteiger partial charge in [0.1, 0.15) is 0 Å². The van der Waals surface area contributed by atoms with Crippen molar-refractivity contribution in [1.82, 2.24) is 19.8 Å². The fraction of sp³-hybridized carbons (Fsp3) is 0.577. The second-order valence-electron chi connectivity index (χ2n) is 10.2. The van der Waals surface area contributed by atoms with Gasteiger partial charge in [0.15, 0.2) is 0 Å². The van der Waals surface area contributed by atoms with Crippen LogP contribution in [0.25, 0.3) is 0 Å². The highest BCUT2D eigenvalue weighted by atomic mass is 32.1. The van der Waals surface area contributed by atoms with Gasteiger partial charge in [-0.25, -0.2) is 19.4 Å². The topological polar surface area (TPSA) is 153 Å². The first kappa shape index (κ1) is 41.5. The van der Waals surface area contributed by atoms with Crippen molar-refractivity contribution in [3.05, 3.63) is 46.2 Å². The lowest BCUT2D eigenvalue weighted by atomic mass is 9.80. The predicted molar refractivity (Wildman–Crippen MR) is 145 cm³/mol. The Kier molecular flexibility index (Phi) is 16.0. The Labute approximate surface area is 265 Å². The molecular weight excluding hydrogens is 683 g/mol. The molecule has 2 fully saturated rings. The molecule has 0 saturated carbocycles. The van der Waals surface area contributed by atoms with Crippen LogP contribution in [0, 0.1) is 12.3 Å².